The molecule has 2 N–H and O–H groups in total. The van der Waals surface area contributed by atoms with E-state index < -0.39 is 10.0 Å². The van der Waals surface area contributed by atoms with Crippen LogP contribution in [0.1, 0.15) is 48.9 Å². The molecule has 7 nitrogen and oxygen atoms in total. The van der Waals surface area contributed by atoms with Crippen molar-refractivity contribution >= 4 is 21.8 Å². The fraction of sp³-hybridized carbons (Fsp3) is 0.615. The number of hydrogen-bond acceptors (Lipinski definition) is 4. The highest BCUT2D eigenvalue weighted by Gasteiger charge is 2.58. The molecule has 1 aliphatic heterocycles. The Kier molecular flexibility index (Phi) is 5.19. The summed E-state index contributed by atoms with van der Waals surface area (Å²) in [7, 11) is -3.62. The van der Waals surface area contributed by atoms with E-state index >= 15 is 0 Å². The standard InChI is InChI=1S/C26H33N3O4S/c1-2-23(30)28-24-21-13-29(14-22(21)24)34(32,33)20-5-3-19(4-6-20)25(31)27-15-26-10-16-7-17(11-26)9-18(8-16)12-26/h2-6,16-18,21-22,24H,1,7-15H2,(H,27,31)(H,28,30). The van der Waals surface area contributed by atoms with Gasteiger partial charge < -0.3 is 10.6 Å². The van der Waals surface area contributed by atoms with Crippen molar-refractivity contribution in [1.82, 2.24) is 14.9 Å². The van der Waals surface area contributed by atoms with Gasteiger partial charge in [0.25, 0.3) is 5.91 Å². The van der Waals surface area contributed by atoms with Gasteiger partial charge in [0.15, 0.2) is 0 Å². The average Bonchev–Trinajstić information content (AvgIpc) is 3.23. The van der Waals surface area contributed by atoms with Gasteiger partial charge in [-0.3, -0.25) is 9.59 Å². The lowest BCUT2D eigenvalue weighted by Crippen LogP contribution is -2.51. The molecule has 2 atom stereocenters. The van der Waals surface area contributed by atoms with E-state index in [0.29, 0.717) is 18.7 Å². The summed E-state index contributed by atoms with van der Waals surface area (Å²) in [4.78, 5) is 24.5. The molecule has 2 amide bonds. The molecule has 0 aromatic heterocycles. The van der Waals surface area contributed by atoms with E-state index in [4.69, 9.17) is 0 Å². The van der Waals surface area contributed by atoms with Gasteiger partial charge in [-0.25, -0.2) is 8.42 Å². The maximum absolute atomic E-state index is 13.1. The lowest BCUT2D eigenvalue weighted by Gasteiger charge is -2.56. The van der Waals surface area contributed by atoms with E-state index in [1.165, 1.54) is 61.0 Å². The third-order valence-corrected chi connectivity index (χ3v) is 11.0. The van der Waals surface area contributed by atoms with E-state index in [2.05, 4.69) is 17.2 Å². The van der Waals surface area contributed by atoms with Crippen LogP contribution in [0.25, 0.3) is 0 Å². The lowest BCUT2D eigenvalue weighted by atomic mass is 9.49. The summed E-state index contributed by atoms with van der Waals surface area (Å²) >= 11 is 0. The number of nitrogens with zero attached hydrogens (tertiary/aromatic N) is 1. The van der Waals surface area contributed by atoms with E-state index in [1.54, 1.807) is 12.1 Å². The van der Waals surface area contributed by atoms with Crippen LogP contribution in [0, 0.1) is 35.0 Å². The molecule has 1 aromatic rings. The lowest BCUT2D eigenvalue weighted by molar-refractivity contribution is -0.116. The van der Waals surface area contributed by atoms with Crippen LogP contribution < -0.4 is 10.6 Å². The van der Waals surface area contributed by atoms with Gasteiger partial charge in [-0.1, -0.05) is 6.58 Å². The Labute approximate surface area is 201 Å². The maximum atomic E-state index is 13.1. The highest BCUT2D eigenvalue weighted by atomic mass is 32.2. The number of sulfonamides is 1. The van der Waals surface area contributed by atoms with Gasteiger partial charge in [-0.15, -0.1) is 0 Å². The molecule has 8 heteroatoms. The van der Waals surface area contributed by atoms with Gasteiger partial charge >= 0.3 is 0 Å². The molecular weight excluding hydrogens is 450 g/mol. The van der Waals surface area contributed by atoms with Crippen LogP contribution in [0.15, 0.2) is 41.8 Å². The molecule has 6 fully saturated rings. The molecular formula is C26H33N3O4S. The highest BCUT2D eigenvalue weighted by Crippen LogP contribution is 2.59. The van der Waals surface area contributed by atoms with E-state index in [1.807, 2.05) is 0 Å². The number of carbonyl (C=O) groups is 2. The number of piperidine rings is 1. The molecule has 0 spiro atoms. The van der Waals surface area contributed by atoms with Gasteiger partial charge in [0, 0.05) is 31.2 Å². The van der Waals surface area contributed by atoms with Crippen LogP contribution >= 0.6 is 0 Å². The van der Waals surface area contributed by atoms with Crippen molar-refractivity contribution in [3.63, 3.8) is 0 Å². The Bertz CT molecular complexity index is 1080. The number of hydrogen-bond donors (Lipinski definition) is 2. The number of carbonyl (C=O) groups excluding carboxylic acids is 2. The SMILES string of the molecule is C=CC(=O)NC1C2CN(S(=O)(=O)c3ccc(C(=O)NCC45CC6CC(CC(C6)C4)C5)cc3)CC21. The van der Waals surface area contributed by atoms with Crippen molar-refractivity contribution in [2.45, 2.75) is 49.5 Å². The first-order chi connectivity index (χ1) is 16.3. The van der Waals surface area contributed by atoms with Crippen LogP contribution in [0.4, 0.5) is 0 Å². The first kappa shape index (κ1) is 22.3. The van der Waals surface area contributed by atoms with Crippen LogP contribution in [0.5, 0.6) is 0 Å². The second-order valence-electron chi connectivity index (χ2n) is 11.5. The Morgan fingerprint density at radius 2 is 1.56 bits per heavy atom. The van der Waals surface area contributed by atoms with Crippen LogP contribution in [0.2, 0.25) is 0 Å². The van der Waals surface area contributed by atoms with Crippen LogP contribution in [-0.2, 0) is 14.8 Å². The minimum atomic E-state index is -3.62. The normalized spacial score (nSPS) is 37.8. The molecule has 5 saturated carbocycles. The number of rotatable bonds is 7. The number of nitrogens with one attached hydrogen (secondary N) is 2. The van der Waals surface area contributed by atoms with Gasteiger partial charge in [0.05, 0.1) is 4.90 Å². The summed E-state index contributed by atoms with van der Waals surface area (Å²) < 4.78 is 27.6. The molecule has 1 aromatic carbocycles. The highest BCUT2D eigenvalue weighted by molar-refractivity contribution is 7.89. The zero-order valence-corrected chi connectivity index (χ0v) is 20.2. The Balaban J connectivity index is 1.05. The van der Waals surface area contributed by atoms with E-state index in [9.17, 15) is 18.0 Å². The smallest absolute Gasteiger partial charge is 0.251 e. The second-order valence-corrected chi connectivity index (χ2v) is 13.5. The molecule has 2 unspecified atom stereocenters. The summed E-state index contributed by atoms with van der Waals surface area (Å²) in [6.45, 7) is 5.00. The molecule has 5 aliphatic carbocycles. The monoisotopic (exact) mass is 483 g/mol. The summed E-state index contributed by atoms with van der Waals surface area (Å²) in [5.74, 6) is 2.52. The minimum Gasteiger partial charge on any atom is -0.351 e. The average molecular weight is 484 g/mol. The molecule has 1 saturated heterocycles. The van der Waals surface area contributed by atoms with Gasteiger partial charge in [-0.2, -0.15) is 4.31 Å². The molecule has 0 radical (unpaired) electrons. The Morgan fingerprint density at radius 3 is 2.09 bits per heavy atom. The summed E-state index contributed by atoms with van der Waals surface area (Å²) in [5.41, 5.74) is 0.771. The van der Waals surface area contributed by atoms with Crippen LogP contribution in [0.3, 0.4) is 0 Å². The van der Waals surface area contributed by atoms with Crippen LogP contribution in [-0.4, -0.2) is 50.2 Å². The zero-order valence-electron chi connectivity index (χ0n) is 19.4. The summed E-state index contributed by atoms with van der Waals surface area (Å²) in [6.07, 6.45) is 9.11. The van der Waals surface area contributed by atoms with Crippen molar-refractivity contribution in [2.75, 3.05) is 19.6 Å². The van der Waals surface area contributed by atoms with E-state index in [0.717, 1.165) is 24.3 Å². The Hall–Kier alpha value is -2.19. The maximum Gasteiger partial charge on any atom is 0.251 e. The number of fused-ring (bicyclic) bond motifs is 1. The predicted molar refractivity (Wildman–Crippen MR) is 127 cm³/mol. The van der Waals surface area contributed by atoms with Gasteiger partial charge in [0.2, 0.25) is 15.9 Å². The summed E-state index contributed by atoms with van der Waals surface area (Å²) in [5, 5.41) is 6.03. The van der Waals surface area contributed by atoms with Gasteiger partial charge in [-0.05, 0) is 104 Å². The minimum absolute atomic E-state index is 0.0389. The van der Waals surface area contributed by atoms with Crippen molar-refractivity contribution in [3.05, 3.63) is 42.5 Å². The third kappa shape index (κ3) is 3.79. The second kappa shape index (κ2) is 7.92. The third-order valence-electron chi connectivity index (χ3n) is 9.20. The molecule has 1 heterocycles. The van der Waals surface area contributed by atoms with E-state index in [-0.39, 0.29) is 40.0 Å². The molecule has 4 bridgehead atoms. The first-order valence-electron chi connectivity index (χ1n) is 12.6. The first-order valence-corrected chi connectivity index (χ1v) is 14.0. The largest absolute Gasteiger partial charge is 0.351 e. The molecule has 6 aliphatic rings. The van der Waals surface area contributed by atoms with Crippen molar-refractivity contribution in [1.29, 1.82) is 0 Å². The predicted octanol–water partition coefficient (Wildman–Crippen LogP) is 2.55. The molecule has 7 rings (SSSR count). The van der Waals surface area contributed by atoms with Crippen molar-refractivity contribution < 1.29 is 18.0 Å². The molecule has 34 heavy (non-hydrogen) atoms. The molecule has 182 valence electrons. The van der Waals surface area contributed by atoms with Crippen molar-refractivity contribution in [2.24, 2.45) is 35.0 Å². The van der Waals surface area contributed by atoms with Gasteiger partial charge in [0.1, 0.15) is 0 Å². The summed E-state index contributed by atoms with van der Waals surface area (Å²) in [6, 6.07) is 6.35. The number of benzene rings is 1. The van der Waals surface area contributed by atoms with Crippen molar-refractivity contribution in [3.8, 4) is 0 Å². The fourth-order valence-corrected chi connectivity index (χ4v) is 9.44. The fourth-order valence-electron chi connectivity index (χ4n) is 7.92. The topological polar surface area (TPSA) is 95.6 Å². The zero-order chi connectivity index (χ0) is 23.7. The number of amides is 2. The quantitative estimate of drug-likeness (QED) is 0.583. The Morgan fingerprint density at radius 1 is 1.00 bits per heavy atom.